The average Bonchev–Trinajstić information content (AvgIpc) is 2.97. The van der Waals surface area contributed by atoms with Gasteiger partial charge in [0.15, 0.2) is 0 Å². The van der Waals surface area contributed by atoms with Gasteiger partial charge in [-0.3, -0.25) is 0 Å². The summed E-state index contributed by atoms with van der Waals surface area (Å²) in [7, 11) is 1.72. The molecular weight excluding hydrogens is 268 g/mol. The van der Waals surface area contributed by atoms with Crippen LogP contribution in [0.4, 0.5) is 0 Å². The molecular formula is C16H20N2O3. The molecule has 1 aliphatic rings. The first-order valence-corrected chi connectivity index (χ1v) is 7.38. The van der Waals surface area contributed by atoms with E-state index < -0.39 is 5.60 Å². The normalized spacial score (nSPS) is 17.8. The van der Waals surface area contributed by atoms with E-state index in [1.54, 1.807) is 25.3 Å². The van der Waals surface area contributed by atoms with Gasteiger partial charge in [0.05, 0.1) is 6.42 Å². The predicted octanol–water partition coefficient (Wildman–Crippen LogP) is 3.17. The van der Waals surface area contributed by atoms with E-state index in [0.717, 1.165) is 31.2 Å². The Labute approximate surface area is 123 Å². The third kappa shape index (κ3) is 2.93. The van der Waals surface area contributed by atoms with Gasteiger partial charge in [-0.05, 0) is 30.5 Å². The number of nitrogens with zero attached hydrogens (tertiary/aromatic N) is 2. The molecule has 0 spiro atoms. The van der Waals surface area contributed by atoms with E-state index in [2.05, 4.69) is 10.1 Å². The van der Waals surface area contributed by atoms with Gasteiger partial charge in [0.2, 0.25) is 11.7 Å². The second kappa shape index (κ2) is 5.85. The minimum absolute atomic E-state index is 0.243. The first kappa shape index (κ1) is 14.1. The number of hydrogen-bond donors (Lipinski definition) is 1. The van der Waals surface area contributed by atoms with Crippen LogP contribution in [0.1, 0.15) is 49.4 Å². The van der Waals surface area contributed by atoms with Gasteiger partial charge in [-0.25, -0.2) is 0 Å². The molecule has 1 heterocycles. The van der Waals surface area contributed by atoms with Crippen molar-refractivity contribution >= 4 is 0 Å². The van der Waals surface area contributed by atoms with Gasteiger partial charge in [-0.15, -0.1) is 0 Å². The minimum Gasteiger partial charge on any atom is -0.508 e. The van der Waals surface area contributed by atoms with Crippen LogP contribution in [0.3, 0.4) is 0 Å². The van der Waals surface area contributed by atoms with E-state index in [1.807, 2.05) is 6.07 Å². The van der Waals surface area contributed by atoms with Crippen molar-refractivity contribution in [2.24, 2.45) is 0 Å². The topological polar surface area (TPSA) is 68.4 Å². The highest BCUT2D eigenvalue weighted by molar-refractivity contribution is 5.28. The second-order valence-electron chi connectivity index (χ2n) is 5.62. The van der Waals surface area contributed by atoms with Gasteiger partial charge in [-0.1, -0.05) is 36.6 Å². The molecule has 1 fully saturated rings. The van der Waals surface area contributed by atoms with Gasteiger partial charge in [0.25, 0.3) is 0 Å². The number of phenols is 1. The molecule has 21 heavy (non-hydrogen) atoms. The molecule has 112 valence electrons. The van der Waals surface area contributed by atoms with Gasteiger partial charge in [0, 0.05) is 7.11 Å². The molecule has 1 N–H and O–H groups in total. The van der Waals surface area contributed by atoms with Crippen LogP contribution in [0.2, 0.25) is 0 Å². The Bertz CT molecular complexity index is 603. The zero-order chi connectivity index (χ0) is 14.7. The molecule has 1 saturated carbocycles. The molecule has 1 aromatic carbocycles. The lowest BCUT2D eigenvalue weighted by Crippen LogP contribution is -2.32. The van der Waals surface area contributed by atoms with E-state index in [9.17, 15) is 5.11 Å². The Kier molecular flexibility index (Phi) is 3.92. The van der Waals surface area contributed by atoms with Crippen molar-refractivity contribution in [1.29, 1.82) is 0 Å². The maximum absolute atomic E-state index is 9.49. The van der Waals surface area contributed by atoms with Crippen molar-refractivity contribution < 1.29 is 14.4 Å². The fourth-order valence-electron chi connectivity index (χ4n) is 2.99. The number of phenolic OH excluding ortho intramolecular Hbond substituents is 1. The summed E-state index contributed by atoms with van der Waals surface area (Å²) < 4.78 is 11.1. The largest absolute Gasteiger partial charge is 0.508 e. The molecule has 2 aromatic rings. The summed E-state index contributed by atoms with van der Waals surface area (Å²) in [5.74, 6) is 1.45. The molecule has 5 heteroatoms. The second-order valence-corrected chi connectivity index (χ2v) is 5.62. The van der Waals surface area contributed by atoms with E-state index in [1.165, 1.54) is 6.42 Å². The van der Waals surface area contributed by atoms with Gasteiger partial charge < -0.3 is 14.4 Å². The van der Waals surface area contributed by atoms with Crippen LogP contribution < -0.4 is 0 Å². The molecule has 0 radical (unpaired) electrons. The highest BCUT2D eigenvalue weighted by atomic mass is 16.5. The molecule has 3 rings (SSSR count). The zero-order valence-electron chi connectivity index (χ0n) is 12.2. The Morgan fingerprint density at radius 2 is 2.10 bits per heavy atom. The summed E-state index contributed by atoms with van der Waals surface area (Å²) >= 11 is 0. The Balaban J connectivity index is 1.79. The van der Waals surface area contributed by atoms with Crippen molar-refractivity contribution in [2.45, 2.75) is 44.1 Å². The molecule has 0 atom stereocenters. The van der Waals surface area contributed by atoms with Crippen LogP contribution in [0.15, 0.2) is 28.8 Å². The summed E-state index contributed by atoms with van der Waals surface area (Å²) in [5, 5.41) is 13.6. The monoisotopic (exact) mass is 288 g/mol. The van der Waals surface area contributed by atoms with Gasteiger partial charge in [-0.2, -0.15) is 4.98 Å². The van der Waals surface area contributed by atoms with Crippen molar-refractivity contribution in [1.82, 2.24) is 10.1 Å². The SMILES string of the molecule is COC1(c2noc(Cc3cccc(O)c3)n2)CCCCC1. The Morgan fingerprint density at radius 1 is 1.29 bits per heavy atom. The number of benzene rings is 1. The van der Waals surface area contributed by atoms with Gasteiger partial charge >= 0.3 is 0 Å². The van der Waals surface area contributed by atoms with Crippen LogP contribution in [-0.2, 0) is 16.8 Å². The third-order valence-corrected chi connectivity index (χ3v) is 4.19. The van der Waals surface area contributed by atoms with Gasteiger partial charge in [0.1, 0.15) is 11.4 Å². The summed E-state index contributed by atoms with van der Waals surface area (Å²) in [6.07, 6.45) is 5.89. The lowest BCUT2D eigenvalue weighted by molar-refractivity contribution is -0.0527. The van der Waals surface area contributed by atoms with Crippen LogP contribution in [0.5, 0.6) is 5.75 Å². The fourth-order valence-corrected chi connectivity index (χ4v) is 2.99. The molecule has 0 bridgehead atoms. The Morgan fingerprint density at radius 3 is 2.81 bits per heavy atom. The molecule has 5 nitrogen and oxygen atoms in total. The van der Waals surface area contributed by atoms with Crippen molar-refractivity contribution in [3.63, 3.8) is 0 Å². The molecule has 0 amide bonds. The first-order valence-electron chi connectivity index (χ1n) is 7.38. The molecule has 0 aliphatic heterocycles. The van der Waals surface area contributed by atoms with E-state index in [-0.39, 0.29) is 5.75 Å². The summed E-state index contributed by atoms with van der Waals surface area (Å²) in [6, 6.07) is 7.08. The molecule has 0 saturated heterocycles. The number of methoxy groups -OCH3 is 1. The molecule has 1 aromatic heterocycles. The molecule has 0 unspecified atom stereocenters. The van der Waals surface area contributed by atoms with Crippen molar-refractivity contribution in [3.05, 3.63) is 41.5 Å². The number of aromatic nitrogens is 2. The van der Waals surface area contributed by atoms with E-state index in [4.69, 9.17) is 9.26 Å². The third-order valence-electron chi connectivity index (χ3n) is 4.19. The summed E-state index contributed by atoms with van der Waals surface area (Å²) in [4.78, 5) is 4.52. The maximum atomic E-state index is 9.49. The first-order chi connectivity index (χ1) is 10.2. The lowest BCUT2D eigenvalue weighted by Gasteiger charge is -2.32. The zero-order valence-corrected chi connectivity index (χ0v) is 12.2. The summed E-state index contributed by atoms with van der Waals surface area (Å²) in [5.41, 5.74) is 0.555. The lowest BCUT2D eigenvalue weighted by atomic mass is 9.84. The number of hydrogen-bond acceptors (Lipinski definition) is 5. The van der Waals surface area contributed by atoms with Crippen LogP contribution in [-0.4, -0.2) is 22.4 Å². The van der Waals surface area contributed by atoms with Crippen LogP contribution in [0.25, 0.3) is 0 Å². The number of ether oxygens (including phenoxy) is 1. The van der Waals surface area contributed by atoms with Crippen LogP contribution >= 0.6 is 0 Å². The smallest absolute Gasteiger partial charge is 0.231 e. The van der Waals surface area contributed by atoms with E-state index >= 15 is 0 Å². The minimum atomic E-state index is -0.390. The average molecular weight is 288 g/mol. The standard InChI is InChI=1S/C16H20N2O3/c1-20-16(8-3-2-4-9-16)15-17-14(21-18-15)11-12-6-5-7-13(19)10-12/h5-7,10,19H,2-4,8-9,11H2,1H3. The number of rotatable bonds is 4. The molecule has 1 aliphatic carbocycles. The fraction of sp³-hybridized carbons (Fsp3) is 0.500. The summed E-state index contributed by atoms with van der Waals surface area (Å²) in [6.45, 7) is 0. The highest BCUT2D eigenvalue weighted by Gasteiger charge is 2.38. The quantitative estimate of drug-likeness (QED) is 0.935. The Hall–Kier alpha value is -1.88. The van der Waals surface area contributed by atoms with Crippen molar-refractivity contribution in [3.8, 4) is 5.75 Å². The van der Waals surface area contributed by atoms with Crippen molar-refractivity contribution in [2.75, 3.05) is 7.11 Å². The predicted molar refractivity (Wildman–Crippen MR) is 77.0 cm³/mol. The maximum Gasteiger partial charge on any atom is 0.231 e. The van der Waals surface area contributed by atoms with Crippen LogP contribution in [0, 0.1) is 0 Å². The number of aromatic hydroxyl groups is 1. The highest BCUT2D eigenvalue weighted by Crippen LogP contribution is 2.38. The van der Waals surface area contributed by atoms with E-state index in [0.29, 0.717) is 18.1 Å².